The monoisotopic (exact) mass is 282 g/mol. The Morgan fingerprint density at radius 2 is 2.26 bits per heavy atom. The van der Waals surface area contributed by atoms with Crippen molar-refractivity contribution < 1.29 is 4.39 Å². The minimum Gasteiger partial charge on any atom is -0.369 e. The Balaban J connectivity index is 2.18. The number of halogens is 1. The quantitative estimate of drug-likeness (QED) is 0.912. The first-order chi connectivity index (χ1) is 9.06. The maximum atomic E-state index is 13.5. The highest BCUT2D eigenvalue weighted by atomic mass is 32.2. The highest BCUT2D eigenvalue weighted by Gasteiger charge is 2.19. The fourth-order valence-electron chi connectivity index (χ4n) is 2.36. The molecule has 0 aliphatic carbocycles. The minimum atomic E-state index is -0.149. The van der Waals surface area contributed by atoms with Crippen LogP contribution in [0.25, 0.3) is 0 Å². The Hall–Kier alpha value is -0.740. The summed E-state index contributed by atoms with van der Waals surface area (Å²) in [6.07, 6.45) is 0. The van der Waals surface area contributed by atoms with Crippen molar-refractivity contribution in [2.75, 3.05) is 23.7 Å². The van der Waals surface area contributed by atoms with Gasteiger partial charge in [0.25, 0.3) is 0 Å². The summed E-state index contributed by atoms with van der Waals surface area (Å²) < 4.78 is 13.5. The third kappa shape index (κ3) is 4.11. The number of rotatable bonds is 4. The lowest BCUT2D eigenvalue weighted by molar-refractivity contribution is 0.580. The summed E-state index contributed by atoms with van der Waals surface area (Å²) in [6, 6.07) is 5.57. The van der Waals surface area contributed by atoms with E-state index in [9.17, 15) is 4.39 Å². The van der Waals surface area contributed by atoms with E-state index in [4.69, 9.17) is 0 Å². The van der Waals surface area contributed by atoms with Gasteiger partial charge in [-0.3, -0.25) is 0 Å². The number of nitrogens with one attached hydrogen (secondary N) is 1. The van der Waals surface area contributed by atoms with E-state index >= 15 is 0 Å². The molecule has 106 valence electrons. The summed E-state index contributed by atoms with van der Waals surface area (Å²) in [5, 5.41) is 4.02. The van der Waals surface area contributed by atoms with Gasteiger partial charge in [-0.25, -0.2) is 4.39 Å². The van der Waals surface area contributed by atoms with E-state index in [1.807, 2.05) is 17.8 Å². The Bertz CT molecular complexity index is 423. The second-order valence-corrected chi connectivity index (χ2v) is 6.98. The van der Waals surface area contributed by atoms with E-state index in [0.29, 0.717) is 11.3 Å². The lowest BCUT2D eigenvalue weighted by Crippen LogP contribution is -2.37. The van der Waals surface area contributed by atoms with Crippen LogP contribution in [0.2, 0.25) is 0 Å². The standard InChI is InChI=1S/C15H23FN2S/c1-11(2)17-9-13-8-14(16)4-5-15(13)18-6-7-19-12(3)10-18/h4-5,8,11-12,17H,6-7,9-10H2,1-3H3. The molecule has 1 aliphatic heterocycles. The molecule has 2 rings (SSSR count). The number of anilines is 1. The molecule has 19 heavy (non-hydrogen) atoms. The molecule has 1 saturated heterocycles. The molecule has 1 atom stereocenters. The summed E-state index contributed by atoms with van der Waals surface area (Å²) in [4.78, 5) is 2.39. The van der Waals surface area contributed by atoms with Crippen LogP contribution >= 0.6 is 11.8 Å². The van der Waals surface area contributed by atoms with Crippen LogP contribution in [0.4, 0.5) is 10.1 Å². The zero-order chi connectivity index (χ0) is 13.8. The van der Waals surface area contributed by atoms with Crippen LogP contribution in [0, 0.1) is 5.82 Å². The van der Waals surface area contributed by atoms with E-state index in [-0.39, 0.29) is 5.82 Å². The highest BCUT2D eigenvalue weighted by Crippen LogP contribution is 2.27. The molecule has 0 amide bonds. The van der Waals surface area contributed by atoms with Gasteiger partial charge in [-0.2, -0.15) is 11.8 Å². The van der Waals surface area contributed by atoms with Gasteiger partial charge in [0, 0.05) is 42.4 Å². The number of hydrogen-bond donors (Lipinski definition) is 1. The van der Waals surface area contributed by atoms with Gasteiger partial charge in [0.15, 0.2) is 0 Å². The first-order valence-corrected chi connectivity index (χ1v) is 7.99. The van der Waals surface area contributed by atoms with Gasteiger partial charge in [-0.15, -0.1) is 0 Å². The Morgan fingerprint density at radius 3 is 2.95 bits per heavy atom. The minimum absolute atomic E-state index is 0.149. The molecule has 1 unspecified atom stereocenters. The summed E-state index contributed by atoms with van der Waals surface area (Å²) in [5.74, 6) is 0.999. The van der Waals surface area contributed by atoms with Crippen molar-refractivity contribution in [3.63, 3.8) is 0 Å². The van der Waals surface area contributed by atoms with Crippen molar-refractivity contribution in [1.82, 2.24) is 5.32 Å². The van der Waals surface area contributed by atoms with E-state index in [1.54, 1.807) is 12.1 Å². The zero-order valence-corrected chi connectivity index (χ0v) is 12.8. The van der Waals surface area contributed by atoms with E-state index < -0.39 is 0 Å². The average molecular weight is 282 g/mol. The predicted octanol–water partition coefficient (Wildman–Crippen LogP) is 3.27. The van der Waals surface area contributed by atoms with Gasteiger partial charge in [-0.1, -0.05) is 20.8 Å². The number of thioether (sulfide) groups is 1. The highest BCUT2D eigenvalue weighted by molar-refractivity contribution is 8.00. The first-order valence-electron chi connectivity index (χ1n) is 6.94. The van der Waals surface area contributed by atoms with Gasteiger partial charge in [0.05, 0.1) is 0 Å². The lowest BCUT2D eigenvalue weighted by Gasteiger charge is -2.34. The van der Waals surface area contributed by atoms with Crippen LogP contribution in [0.3, 0.4) is 0 Å². The van der Waals surface area contributed by atoms with Crippen LogP contribution in [-0.4, -0.2) is 30.1 Å². The molecule has 0 radical (unpaired) electrons. The SMILES string of the molecule is CC(C)NCc1cc(F)ccc1N1CCSC(C)C1. The van der Waals surface area contributed by atoms with Crippen molar-refractivity contribution in [1.29, 1.82) is 0 Å². The van der Waals surface area contributed by atoms with Gasteiger partial charge in [-0.05, 0) is 23.8 Å². The number of hydrogen-bond acceptors (Lipinski definition) is 3. The molecule has 0 saturated carbocycles. The summed E-state index contributed by atoms with van der Waals surface area (Å²) in [5.41, 5.74) is 2.24. The van der Waals surface area contributed by atoms with Crippen LogP contribution in [0.5, 0.6) is 0 Å². The maximum absolute atomic E-state index is 13.5. The molecular weight excluding hydrogens is 259 g/mol. The Kier molecular flexibility index (Phi) is 5.11. The number of benzene rings is 1. The normalized spacial score (nSPS) is 20.1. The molecular formula is C15H23FN2S. The Labute approximate surface area is 119 Å². The van der Waals surface area contributed by atoms with Crippen molar-refractivity contribution in [2.45, 2.75) is 38.6 Å². The van der Waals surface area contributed by atoms with Gasteiger partial charge in [0.1, 0.15) is 5.82 Å². The third-order valence-corrected chi connectivity index (χ3v) is 4.46. The molecule has 2 nitrogen and oxygen atoms in total. The molecule has 1 aromatic rings. The average Bonchev–Trinajstić information content (AvgIpc) is 2.36. The zero-order valence-electron chi connectivity index (χ0n) is 11.9. The van der Waals surface area contributed by atoms with Crippen molar-refractivity contribution >= 4 is 17.4 Å². The van der Waals surface area contributed by atoms with E-state index in [2.05, 4.69) is 31.0 Å². The Morgan fingerprint density at radius 1 is 1.47 bits per heavy atom. The predicted molar refractivity (Wildman–Crippen MR) is 82.5 cm³/mol. The topological polar surface area (TPSA) is 15.3 Å². The lowest BCUT2D eigenvalue weighted by atomic mass is 10.1. The maximum Gasteiger partial charge on any atom is 0.123 e. The molecule has 4 heteroatoms. The fraction of sp³-hybridized carbons (Fsp3) is 0.600. The smallest absolute Gasteiger partial charge is 0.123 e. The molecule has 0 spiro atoms. The second kappa shape index (κ2) is 6.62. The van der Waals surface area contributed by atoms with Gasteiger partial charge >= 0.3 is 0 Å². The first kappa shape index (κ1) is 14.7. The summed E-state index contributed by atoms with van der Waals surface area (Å²) in [7, 11) is 0. The molecule has 0 aromatic heterocycles. The molecule has 1 heterocycles. The molecule has 1 aliphatic rings. The molecule has 1 N–H and O–H groups in total. The molecule has 1 fully saturated rings. The molecule has 0 bridgehead atoms. The fourth-order valence-corrected chi connectivity index (χ4v) is 3.37. The van der Waals surface area contributed by atoms with Gasteiger partial charge < -0.3 is 10.2 Å². The molecule has 1 aromatic carbocycles. The van der Waals surface area contributed by atoms with Crippen molar-refractivity contribution in [3.05, 3.63) is 29.6 Å². The third-order valence-electron chi connectivity index (χ3n) is 3.32. The van der Waals surface area contributed by atoms with Crippen molar-refractivity contribution in [2.24, 2.45) is 0 Å². The largest absolute Gasteiger partial charge is 0.369 e. The second-order valence-electron chi connectivity index (χ2n) is 5.44. The summed E-state index contributed by atoms with van der Waals surface area (Å²) in [6.45, 7) is 9.30. The van der Waals surface area contributed by atoms with E-state index in [0.717, 1.165) is 31.0 Å². The van der Waals surface area contributed by atoms with Crippen LogP contribution in [0.15, 0.2) is 18.2 Å². The van der Waals surface area contributed by atoms with Crippen LogP contribution in [-0.2, 0) is 6.54 Å². The van der Waals surface area contributed by atoms with Crippen LogP contribution < -0.4 is 10.2 Å². The van der Waals surface area contributed by atoms with E-state index in [1.165, 1.54) is 5.69 Å². The summed E-state index contributed by atoms with van der Waals surface area (Å²) >= 11 is 2.01. The van der Waals surface area contributed by atoms with Gasteiger partial charge in [0.2, 0.25) is 0 Å². The number of nitrogens with zero attached hydrogens (tertiary/aromatic N) is 1. The van der Waals surface area contributed by atoms with Crippen molar-refractivity contribution in [3.8, 4) is 0 Å². The van der Waals surface area contributed by atoms with Crippen LogP contribution in [0.1, 0.15) is 26.3 Å².